The Labute approximate surface area is 159 Å². The lowest BCUT2D eigenvalue weighted by atomic mass is 9.85. The largest absolute Gasteiger partial charge is 0.249 e. The molecule has 0 bridgehead atoms. The van der Waals surface area contributed by atoms with E-state index in [9.17, 15) is 0 Å². The number of rotatable bonds is 7. The normalized spacial score (nSPS) is 12.3. The van der Waals surface area contributed by atoms with Gasteiger partial charge in [-0.1, -0.05) is 58.0 Å². The summed E-state index contributed by atoms with van der Waals surface area (Å²) in [6.07, 6.45) is 3.58. The second-order valence-electron chi connectivity index (χ2n) is 7.58. The molecule has 0 aliphatic carbocycles. The van der Waals surface area contributed by atoms with Gasteiger partial charge < -0.3 is 0 Å². The summed E-state index contributed by atoms with van der Waals surface area (Å²) < 4.78 is 0. The van der Waals surface area contributed by atoms with Gasteiger partial charge in [0.1, 0.15) is 0 Å². The number of nitrogens with zero attached hydrogens (tertiary/aromatic N) is 1. The summed E-state index contributed by atoms with van der Waals surface area (Å²) in [6, 6.07) is 13.0. The molecule has 1 aromatic heterocycles. The van der Waals surface area contributed by atoms with Crippen LogP contribution in [0.5, 0.6) is 0 Å². The van der Waals surface area contributed by atoms with Crippen LogP contribution in [0.25, 0.3) is 16.7 Å². The van der Waals surface area contributed by atoms with Crippen LogP contribution in [-0.2, 0) is 6.42 Å². The number of unbranched alkanes of at least 4 members (excludes halogenated alkanes) is 1. The Balaban J connectivity index is 2.62. The molecule has 0 aliphatic heterocycles. The molecule has 1 heterocycles. The molecule has 0 spiro atoms. The summed E-state index contributed by atoms with van der Waals surface area (Å²) in [7, 11) is 0. The third-order valence-electron chi connectivity index (χ3n) is 5.11. The zero-order valence-corrected chi connectivity index (χ0v) is 17.3. The first-order chi connectivity index (χ1) is 12.4. The van der Waals surface area contributed by atoms with E-state index in [1.165, 1.54) is 40.7 Å². The number of allylic oxidation sites excluding steroid dienone is 3. The van der Waals surface area contributed by atoms with Crippen LogP contribution in [0.15, 0.2) is 43.0 Å². The van der Waals surface area contributed by atoms with Crippen molar-refractivity contribution in [2.75, 3.05) is 0 Å². The first kappa shape index (κ1) is 20.2. The van der Waals surface area contributed by atoms with Gasteiger partial charge in [0.15, 0.2) is 0 Å². The van der Waals surface area contributed by atoms with Crippen LogP contribution in [0.1, 0.15) is 88.4 Å². The summed E-state index contributed by atoms with van der Waals surface area (Å²) >= 11 is 0. The van der Waals surface area contributed by atoms with Crippen molar-refractivity contribution in [3.8, 4) is 0 Å². The lowest BCUT2D eigenvalue weighted by Crippen LogP contribution is -2.02. The van der Waals surface area contributed by atoms with E-state index in [0.717, 1.165) is 23.4 Å². The van der Waals surface area contributed by atoms with E-state index < -0.39 is 0 Å². The van der Waals surface area contributed by atoms with Gasteiger partial charge in [-0.3, -0.25) is 0 Å². The predicted molar refractivity (Wildman–Crippen MR) is 116 cm³/mol. The van der Waals surface area contributed by atoms with Crippen molar-refractivity contribution in [3.05, 3.63) is 71.1 Å². The average Bonchev–Trinajstić information content (AvgIpc) is 2.64. The van der Waals surface area contributed by atoms with Crippen LogP contribution < -0.4 is 0 Å². The Kier molecular flexibility index (Phi) is 6.97. The molecular formula is C25H33N. The van der Waals surface area contributed by atoms with Gasteiger partial charge in [-0.15, -0.1) is 0 Å². The highest BCUT2D eigenvalue weighted by atomic mass is 14.7. The van der Waals surface area contributed by atoms with E-state index in [1.807, 2.05) is 13.0 Å². The highest BCUT2D eigenvalue weighted by molar-refractivity contribution is 5.90. The average molecular weight is 348 g/mol. The number of benzene rings is 1. The maximum atomic E-state index is 4.83. The molecule has 0 N–H and O–H groups in total. The minimum absolute atomic E-state index is 0.504. The first-order valence-electron chi connectivity index (χ1n) is 9.79. The molecule has 1 aromatic carbocycles. The van der Waals surface area contributed by atoms with Gasteiger partial charge in [0, 0.05) is 0 Å². The molecule has 1 heteroatoms. The van der Waals surface area contributed by atoms with Gasteiger partial charge in [0.25, 0.3) is 0 Å². The van der Waals surface area contributed by atoms with Gasteiger partial charge in [-0.05, 0) is 85.1 Å². The highest BCUT2D eigenvalue weighted by Crippen LogP contribution is 2.34. The fraction of sp³-hybridized carbons (Fsp3) is 0.400. The topological polar surface area (TPSA) is 12.9 Å². The van der Waals surface area contributed by atoms with Crippen LogP contribution in [0.4, 0.5) is 0 Å². The summed E-state index contributed by atoms with van der Waals surface area (Å²) in [6.45, 7) is 17.3. The van der Waals surface area contributed by atoms with Crippen LogP contribution in [0.3, 0.4) is 0 Å². The van der Waals surface area contributed by atoms with Gasteiger partial charge in [0.05, 0.1) is 11.4 Å². The van der Waals surface area contributed by atoms with Crippen molar-refractivity contribution >= 4 is 16.7 Å². The minimum atomic E-state index is 0.504. The Bertz CT molecular complexity index is 809. The molecule has 0 saturated carbocycles. The van der Waals surface area contributed by atoms with Gasteiger partial charge in [-0.25, -0.2) is 4.98 Å². The Morgan fingerprint density at radius 1 is 0.962 bits per heavy atom. The van der Waals surface area contributed by atoms with Crippen LogP contribution in [-0.4, -0.2) is 4.98 Å². The van der Waals surface area contributed by atoms with Crippen molar-refractivity contribution in [2.24, 2.45) is 0 Å². The number of aryl methyl sites for hydroxylation is 1. The minimum Gasteiger partial charge on any atom is -0.249 e. The molecule has 0 fully saturated rings. The second-order valence-corrected chi connectivity index (χ2v) is 7.58. The molecule has 26 heavy (non-hydrogen) atoms. The van der Waals surface area contributed by atoms with Gasteiger partial charge >= 0.3 is 0 Å². The van der Waals surface area contributed by atoms with E-state index in [0.29, 0.717) is 5.92 Å². The number of pyridine rings is 1. The molecule has 0 atom stereocenters. The predicted octanol–water partition coefficient (Wildman–Crippen LogP) is 7.53. The maximum absolute atomic E-state index is 4.83. The zero-order chi connectivity index (χ0) is 19.3. The van der Waals surface area contributed by atoms with Crippen LogP contribution >= 0.6 is 0 Å². The number of hydrogen-bond donors (Lipinski definition) is 0. The standard InChI is InChI=1S/C25H33N/c1-8-9-12-21-13-10-14-22(17(2)3)25(21)20(7)19(6)24-16-11-15-23(26-24)18(4)5/h10-11,13-17H,4,8-9,12H2,1-3,5-7H3/b20-19+. The molecule has 2 rings (SSSR count). The lowest BCUT2D eigenvalue weighted by Gasteiger charge is -2.20. The van der Waals surface area contributed by atoms with Crippen LogP contribution in [0, 0.1) is 0 Å². The monoisotopic (exact) mass is 347 g/mol. The lowest BCUT2D eigenvalue weighted by molar-refractivity contribution is 0.786. The second kappa shape index (κ2) is 8.98. The van der Waals surface area contributed by atoms with Crippen LogP contribution in [0.2, 0.25) is 0 Å². The van der Waals surface area contributed by atoms with E-state index in [1.54, 1.807) is 0 Å². The number of aromatic nitrogens is 1. The zero-order valence-electron chi connectivity index (χ0n) is 17.3. The van der Waals surface area contributed by atoms with Crippen molar-refractivity contribution in [1.29, 1.82) is 0 Å². The van der Waals surface area contributed by atoms with Gasteiger partial charge in [0.2, 0.25) is 0 Å². The summed E-state index contributed by atoms with van der Waals surface area (Å²) in [5, 5.41) is 0. The molecule has 138 valence electrons. The van der Waals surface area contributed by atoms with Gasteiger partial charge in [-0.2, -0.15) is 0 Å². The summed E-state index contributed by atoms with van der Waals surface area (Å²) in [5.41, 5.74) is 9.93. The number of hydrogen-bond acceptors (Lipinski definition) is 1. The molecule has 0 unspecified atom stereocenters. The molecule has 0 radical (unpaired) electrons. The first-order valence-corrected chi connectivity index (χ1v) is 9.79. The quantitative estimate of drug-likeness (QED) is 0.504. The molecule has 0 aliphatic rings. The van der Waals surface area contributed by atoms with E-state index in [2.05, 4.69) is 71.5 Å². The molecule has 1 nitrogen and oxygen atoms in total. The third-order valence-corrected chi connectivity index (χ3v) is 5.11. The Morgan fingerprint density at radius 2 is 1.62 bits per heavy atom. The highest BCUT2D eigenvalue weighted by Gasteiger charge is 2.15. The van der Waals surface area contributed by atoms with Crippen molar-refractivity contribution in [3.63, 3.8) is 0 Å². The van der Waals surface area contributed by atoms with E-state index in [-0.39, 0.29) is 0 Å². The molecule has 0 amide bonds. The maximum Gasteiger partial charge on any atom is 0.0669 e. The molecular weight excluding hydrogens is 314 g/mol. The fourth-order valence-corrected chi connectivity index (χ4v) is 3.39. The fourth-order valence-electron chi connectivity index (χ4n) is 3.39. The smallest absolute Gasteiger partial charge is 0.0669 e. The van der Waals surface area contributed by atoms with Crippen molar-refractivity contribution < 1.29 is 0 Å². The third kappa shape index (κ3) is 4.52. The SMILES string of the molecule is C=C(C)c1cccc(/C(C)=C(\C)c2c(CCCC)cccc2C(C)C)n1. The summed E-state index contributed by atoms with van der Waals surface area (Å²) in [4.78, 5) is 4.83. The molecule has 2 aromatic rings. The van der Waals surface area contributed by atoms with E-state index >= 15 is 0 Å². The summed E-state index contributed by atoms with van der Waals surface area (Å²) in [5.74, 6) is 0.504. The van der Waals surface area contributed by atoms with Crippen molar-refractivity contribution in [1.82, 2.24) is 4.98 Å². The Morgan fingerprint density at radius 3 is 2.23 bits per heavy atom. The van der Waals surface area contributed by atoms with E-state index in [4.69, 9.17) is 4.98 Å². The molecule has 0 saturated heterocycles. The Hall–Kier alpha value is -2.15. The van der Waals surface area contributed by atoms with Crippen molar-refractivity contribution in [2.45, 2.75) is 66.7 Å².